The second kappa shape index (κ2) is 6.62. The summed E-state index contributed by atoms with van der Waals surface area (Å²) in [6, 6.07) is 12.4. The molecule has 24 heavy (non-hydrogen) atoms. The molecule has 0 saturated heterocycles. The smallest absolute Gasteiger partial charge is 0.246 e. The van der Waals surface area contributed by atoms with Crippen molar-refractivity contribution in [3.63, 3.8) is 0 Å². The van der Waals surface area contributed by atoms with Gasteiger partial charge in [-0.05, 0) is 37.3 Å². The molecule has 1 amide bonds. The molecule has 0 fully saturated rings. The van der Waals surface area contributed by atoms with E-state index in [2.05, 4.69) is 15.6 Å². The third-order valence-electron chi connectivity index (χ3n) is 3.64. The fourth-order valence-electron chi connectivity index (χ4n) is 2.44. The molecular formula is C18H19N3O3. The third-order valence-corrected chi connectivity index (χ3v) is 3.64. The fraction of sp³-hybridized carbons (Fsp3) is 0.222. The van der Waals surface area contributed by atoms with E-state index in [9.17, 15) is 4.79 Å². The molecule has 3 aromatic rings. The Labute approximate surface area is 139 Å². The average molecular weight is 325 g/mol. The molecule has 0 radical (unpaired) electrons. The van der Waals surface area contributed by atoms with Crippen LogP contribution in [-0.2, 0) is 4.79 Å². The van der Waals surface area contributed by atoms with Crippen LogP contribution in [0, 0.1) is 6.92 Å². The summed E-state index contributed by atoms with van der Waals surface area (Å²) in [6.45, 7) is 3.60. The van der Waals surface area contributed by atoms with E-state index in [1.54, 1.807) is 33.1 Å². The summed E-state index contributed by atoms with van der Waals surface area (Å²) in [4.78, 5) is 16.7. The number of methoxy groups -OCH3 is 1. The minimum atomic E-state index is -0.430. The Bertz CT molecular complexity index is 873. The molecule has 0 spiro atoms. The van der Waals surface area contributed by atoms with Crippen LogP contribution in [0.3, 0.4) is 0 Å². The predicted octanol–water partition coefficient (Wildman–Crippen LogP) is 3.58. The number of carbonyl (C=O) groups excluding carboxylic acids is 1. The highest BCUT2D eigenvalue weighted by Crippen LogP contribution is 2.24. The number of benzene rings is 2. The molecule has 1 aromatic heterocycles. The van der Waals surface area contributed by atoms with Crippen LogP contribution >= 0.6 is 0 Å². The fourth-order valence-corrected chi connectivity index (χ4v) is 2.44. The monoisotopic (exact) mass is 325 g/mol. The molecular weight excluding hydrogens is 306 g/mol. The lowest BCUT2D eigenvalue weighted by atomic mass is 10.2. The third kappa shape index (κ3) is 3.32. The number of ether oxygens (including phenoxy) is 1. The van der Waals surface area contributed by atoms with Crippen LogP contribution in [0.4, 0.5) is 11.4 Å². The maximum Gasteiger partial charge on any atom is 0.246 e. The number of aryl methyl sites for hydroxylation is 1. The van der Waals surface area contributed by atoms with Crippen LogP contribution in [0.2, 0.25) is 0 Å². The van der Waals surface area contributed by atoms with E-state index < -0.39 is 6.04 Å². The summed E-state index contributed by atoms with van der Waals surface area (Å²) in [5.74, 6) is 1.08. The number of amides is 1. The Kier molecular flexibility index (Phi) is 4.37. The van der Waals surface area contributed by atoms with Crippen LogP contribution < -0.4 is 15.4 Å². The lowest BCUT2D eigenvalue weighted by Crippen LogP contribution is -2.31. The highest BCUT2D eigenvalue weighted by molar-refractivity contribution is 5.97. The standard InChI is InChI=1S/C18H19N3O3/c1-11(18(22)21-14-6-4-5-7-16(14)23-3)19-13-8-9-17-15(10-13)20-12(2)24-17/h4-11,19H,1-3H3,(H,21,22). The van der Waals surface area contributed by atoms with E-state index >= 15 is 0 Å². The quantitative estimate of drug-likeness (QED) is 0.750. The second-order valence-corrected chi connectivity index (χ2v) is 5.47. The van der Waals surface area contributed by atoms with E-state index in [1.165, 1.54) is 0 Å². The highest BCUT2D eigenvalue weighted by atomic mass is 16.5. The van der Waals surface area contributed by atoms with Gasteiger partial charge in [-0.25, -0.2) is 4.98 Å². The number of nitrogens with zero attached hydrogens (tertiary/aromatic N) is 1. The number of nitrogens with one attached hydrogen (secondary N) is 2. The van der Waals surface area contributed by atoms with Gasteiger partial charge in [0.15, 0.2) is 11.5 Å². The zero-order valence-electron chi connectivity index (χ0n) is 13.8. The lowest BCUT2D eigenvalue weighted by Gasteiger charge is -2.16. The summed E-state index contributed by atoms with van der Waals surface area (Å²) in [7, 11) is 1.57. The Hall–Kier alpha value is -3.02. The van der Waals surface area contributed by atoms with Crippen LogP contribution in [-0.4, -0.2) is 24.0 Å². The van der Waals surface area contributed by atoms with Gasteiger partial charge in [-0.2, -0.15) is 0 Å². The zero-order chi connectivity index (χ0) is 17.1. The van der Waals surface area contributed by atoms with Gasteiger partial charge < -0.3 is 19.8 Å². The van der Waals surface area contributed by atoms with E-state index in [-0.39, 0.29) is 5.91 Å². The Morgan fingerprint density at radius 2 is 2.04 bits per heavy atom. The summed E-state index contributed by atoms with van der Waals surface area (Å²) in [6.07, 6.45) is 0. The molecule has 0 bridgehead atoms. The van der Waals surface area contributed by atoms with Crippen molar-refractivity contribution in [2.45, 2.75) is 19.9 Å². The van der Waals surface area contributed by atoms with Crippen molar-refractivity contribution in [3.8, 4) is 5.75 Å². The molecule has 6 nitrogen and oxygen atoms in total. The van der Waals surface area contributed by atoms with Crippen molar-refractivity contribution in [2.75, 3.05) is 17.7 Å². The number of para-hydroxylation sites is 2. The molecule has 1 heterocycles. The molecule has 124 valence electrons. The van der Waals surface area contributed by atoms with Gasteiger partial charge in [0.25, 0.3) is 0 Å². The van der Waals surface area contributed by atoms with Crippen molar-refractivity contribution >= 4 is 28.4 Å². The van der Waals surface area contributed by atoms with Crippen molar-refractivity contribution in [1.29, 1.82) is 0 Å². The average Bonchev–Trinajstić information content (AvgIpc) is 2.94. The molecule has 1 unspecified atom stereocenters. The number of carbonyl (C=O) groups is 1. The van der Waals surface area contributed by atoms with E-state index in [4.69, 9.17) is 9.15 Å². The number of rotatable bonds is 5. The van der Waals surface area contributed by atoms with Gasteiger partial charge in [-0.3, -0.25) is 4.79 Å². The molecule has 2 aromatic carbocycles. The molecule has 0 aliphatic heterocycles. The number of anilines is 2. The van der Waals surface area contributed by atoms with Crippen molar-refractivity contribution in [1.82, 2.24) is 4.98 Å². The maximum absolute atomic E-state index is 12.4. The minimum Gasteiger partial charge on any atom is -0.495 e. The first-order chi connectivity index (χ1) is 11.6. The lowest BCUT2D eigenvalue weighted by molar-refractivity contribution is -0.116. The Morgan fingerprint density at radius 1 is 1.25 bits per heavy atom. The SMILES string of the molecule is COc1ccccc1NC(=O)C(C)Nc1ccc2oc(C)nc2c1. The Balaban J connectivity index is 1.70. The largest absolute Gasteiger partial charge is 0.495 e. The predicted molar refractivity (Wildman–Crippen MR) is 93.5 cm³/mol. The molecule has 6 heteroatoms. The zero-order valence-corrected chi connectivity index (χ0v) is 13.8. The number of fused-ring (bicyclic) bond motifs is 1. The summed E-state index contributed by atoms with van der Waals surface area (Å²) < 4.78 is 10.7. The van der Waals surface area contributed by atoms with Crippen molar-refractivity contribution in [2.24, 2.45) is 0 Å². The first kappa shape index (κ1) is 15.9. The minimum absolute atomic E-state index is 0.157. The molecule has 0 saturated carbocycles. The number of oxazole rings is 1. The first-order valence-electron chi connectivity index (χ1n) is 7.64. The summed E-state index contributed by atoms with van der Waals surface area (Å²) >= 11 is 0. The number of aromatic nitrogens is 1. The number of hydrogen-bond donors (Lipinski definition) is 2. The van der Waals surface area contributed by atoms with Crippen LogP contribution in [0.25, 0.3) is 11.1 Å². The number of hydrogen-bond acceptors (Lipinski definition) is 5. The second-order valence-electron chi connectivity index (χ2n) is 5.47. The van der Waals surface area contributed by atoms with Gasteiger partial charge in [-0.15, -0.1) is 0 Å². The van der Waals surface area contributed by atoms with Crippen LogP contribution in [0.1, 0.15) is 12.8 Å². The van der Waals surface area contributed by atoms with Gasteiger partial charge in [0.1, 0.15) is 17.3 Å². The van der Waals surface area contributed by atoms with Gasteiger partial charge in [0.2, 0.25) is 5.91 Å². The van der Waals surface area contributed by atoms with Gasteiger partial charge in [-0.1, -0.05) is 12.1 Å². The van der Waals surface area contributed by atoms with Gasteiger partial charge in [0, 0.05) is 12.6 Å². The topological polar surface area (TPSA) is 76.4 Å². The van der Waals surface area contributed by atoms with Crippen LogP contribution in [0.5, 0.6) is 5.75 Å². The van der Waals surface area contributed by atoms with E-state index in [0.717, 1.165) is 16.8 Å². The molecule has 0 aliphatic carbocycles. The molecule has 3 rings (SSSR count). The molecule has 0 aliphatic rings. The summed E-state index contributed by atoms with van der Waals surface area (Å²) in [5, 5.41) is 6.03. The highest BCUT2D eigenvalue weighted by Gasteiger charge is 2.15. The van der Waals surface area contributed by atoms with E-state index in [1.807, 2.05) is 30.3 Å². The van der Waals surface area contributed by atoms with Crippen molar-refractivity contribution in [3.05, 3.63) is 48.4 Å². The maximum atomic E-state index is 12.4. The first-order valence-corrected chi connectivity index (χ1v) is 7.64. The van der Waals surface area contributed by atoms with Crippen LogP contribution in [0.15, 0.2) is 46.9 Å². The van der Waals surface area contributed by atoms with Crippen molar-refractivity contribution < 1.29 is 13.9 Å². The Morgan fingerprint density at radius 3 is 2.83 bits per heavy atom. The van der Waals surface area contributed by atoms with Gasteiger partial charge >= 0.3 is 0 Å². The molecule has 2 N–H and O–H groups in total. The van der Waals surface area contributed by atoms with E-state index in [0.29, 0.717) is 17.3 Å². The normalized spacial score (nSPS) is 12.0. The summed E-state index contributed by atoms with van der Waals surface area (Å²) in [5.41, 5.74) is 2.93. The molecule has 1 atom stereocenters. The van der Waals surface area contributed by atoms with Gasteiger partial charge in [0.05, 0.1) is 12.8 Å².